The van der Waals surface area contributed by atoms with Crippen molar-refractivity contribution >= 4 is 32.3 Å². The van der Waals surface area contributed by atoms with E-state index in [1.54, 1.807) is 11.3 Å². The minimum atomic E-state index is -0.0305. The molecule has 0 saturated heterocycles. The predicted molar refractivity (Wildman–Crippen MR) is 162 cm³/mol. The molecule has 0 N–H and O–H groups in total. The minimum absolute atomic E-state index is 0. The molecule has 3 heterocycles. The van der Waals surface area contributed by atoms with Crippen molar-refractivity contribution in [1.82, 2.24) is 9.97 Å². The summed E-state index contributed by atoms with van der Waals surface area (Å²) in [4.78, 5) is 9.50. The summed E-state index contributed by atoms with van der Waals surface area (Å²) in [6, 6.07) is 29.3. The fourth-order valence-electron chi connectivity index (χ4n) is 4.90. The number of hydrogen-bond donors (Lipinski definition) is 0. The van der Waals surface area contributed by atoms with Gasteiger partial charge in [-0.1, -0.05) is 71.4 Å². The van der Waals surface area contributed by atoms with Gasteiger partial charge in [0.25, 0.3) is 0 Å². The van der Waals surface area contributed by atoms with Crippen LogP contribution in [0.1, 0.15) is 52.7 Å². The second-order valence-corrected chi connectivity index (χ2v) is 13.0. The second-order valence-electron chi connectivity index (χ2n) is 12.1. The first-order chi connectivity index (χ1) is 18.1. The van der Waals surface area contributed by atoms with Crippen molar-refractivity contribution in [2.24, 2.45) is 0 Å². The van der Waals surface area contributed by atoms with Gasteiger partial charge in [0.1, 0.15) is 0 Å². The second kappa shape index (κ2) is 10.2. The van der Waals surface area contributed by atoms with Gasteiger partial charge < -0.3 is 4.98 Å². The van der Waals surface area contributed by atoms with E-state index in [4.69, 9.17) is 4.98 Å². The summed E-state index contributed by atoms with van der Waals surface area (Å²) in [5.41, 5.74) is 9.74. The smallest absolute Gasteiger partial charge is 0.670 e. The number of para-hydroxylation sites is 1. The van der Waals surface area contributed by atoms with Crippen LogP contribution in [0, 0.1) is 12.1 Å². The molecule has 0 radical (unpaired) electrons. The third kappa shape index (κ3) is 5.29. The van der Waals surface area contributed by atoms with Crippen LogP contribution in [-0.2, 0) is 33.2 Å². The first-order valence-corrected chi connectivity index (χ1v) is 14.0. The van der Waals surface area contributed by atoms with Crippen molar-refractivity contribution in [1.29, 1.82) is 0 Å². The molecule has 0 fully saturated rings. The van der Waals surface area contributed by atoms with Crippen LogP contribution >= 0.6 is 11.3 Å². The minimum Gasteiger partial charge on any atom is -0.670 e. The molecule has 0 aliphatic carbocycles. The molecular weight excluding hydrogens is 677 g/mol. The summed E-state index contributed by atoms with van der Waals surface area (Å²) in [5, 5.41) is 4.50. The van der Waals surface area contributed by atoms with Gasteiger partial charge in [-0.25, -0.2) is 0 Å². The average molecular weight is 709 g/mol. The number of fused-ring (bicyclic) bond motifs is 2. The summed E-state index contributed by atoms with van der Waals surface area (Å²) >= 11 is 1.73. The van der Waals surface area contributed by atoms with E-state index in [-0.39, 0.29) is 33.2 Å². The van der Waals surface area contributed by atoms with Crippen LogP contribution in [0.15, 0.2) is 78.4 Å². The molecule has 3 aromatic heterocycles. The van der Waals surface area contributed by atoms with E-state index in [0.29, 0.717) is 0 Å². The zero-order valence-corrected chi connectivity index (χ0v) is 26.1. The molecular formula is C35H31AuN2S. The Balaban J connectivity index is 0.00000308. The van der Waals surface area contributed by atoms with Crippen LogP contribution in [0.5, 0.6) is 0 Å². The van der Waals surface area contributed by atoms with Gasteiger partial charge >= 0.3 is 22.4 Å². The molecule has 4 heteroatoms. The third-order valence-corrected chi connectivity index (χ3v) is 8.14. The molecule has 3 aromatic carbocycles. The van der Waals surface area contributed by atoms with E-state index in [9.17, 15) is 0 Å². The largest absolute Gasteiger partial charge is 3.00 e. The molecule has 0 saturated carbocycles. The van der Waals surface area contributed by atoms with Gasteiger partial charge in [-0.05, 0) is 39.1 Å². The summed E-state index contributed by atoms with van der Waals surface area (Å²) in [7, 11) is 0. The maximum Gasteiger partial charge on any atom is 3.00 e. The summed E-state index contributed by atoms with van der Waals surface area (Å²) in [6.07, 6.45) is 3.79. The maximum atomic E-state index is 4.82. The maximum absolute atomic E-state index is 4.82. The van der Waals surface area contributed by atoms with Crippen LogP contribution < -0.4 is 4.98 Å². The van der Waals surface area contributed by atoms with Gasteiger partial charge in [0, 0.05) is 16.6 Å². The van der Waals surface area contributed by atoms with Gasteiger partial charge in [0.15, 0.2) is 0 Å². The normalized spacial score (nSPS) is 12.2. The predicted octanol–water partition coefficient (Wildman–Crippen LogP) is 9.60. The van der Waals surface area contributed by atoms with Crippen LogP contribution in [0.2, 0.25) is 0 Å². The zero-order valence-electron chi connectivity index (χ0n) is 23.1. The fraction of sp³-hybridized carbons (Fsp3) is 0.229. The number of nitrogens with zero attached hydrogens (tertiary/aromatic N) is 2. The molecule has 0 bridgehead atoms. The molecule has 0 aliphatic heterocycles. The van der Waals surface area contributed by atoms with Crippen molar-refractivity contribution in [3.63, 3.8) is 0 Å². The molecule has 2 nitrogen and oxygen atoms in total. The van der Waals surface area contributed by atoms with Crippen LogP contribution in [0.3, 0.4) is 0 Å². The van der Waals surface area contributed by atoms with Crippen molar-refractivity contribution in [3.05, 3.63) is 102 Å². The Morgan fingerprint density at radius 1 is 0.718 bits per heavy atom. The Morgan fingerprint density at radius 2 is 1.36 bits per heavy atom. The quantitative estimate of drug-likeness (QED) is 0.135. The summed E-state index contributed by atoms with van der Waals surface area (Å²) in [6.45, 7) is 13.6. The summed E-state index contributed by atoms with van der Waals surface area (Å²) in [5.74, 6) is 0. The number of rotatable bonds is 3. The van der Waals surface area contributed by atoms with Crippen molar-refractivity contribution in [2.45, 2.75) is 52.4 Å². The molecule has 0 aliphatic rings. The van der Waals surface area contributed by atoms with Crippen molar-refractivity contribution in [3.8, 4) is 33.5 Å². The van der Waals surface area contributed by atoms with Gasteiger partial charge in [-0.2, -0.15) is 47.1 Å². The average Bonchev–Trinajstić information content (AvgIpc) is 3.56. The number of thiophene rings is 1. The van der Waals surface area contributed by atoms with Gasteiger partial charge in [0.05, 0.1) is 0 Å². The number of pyridine rings is 1. The van der Waals surface area contributed by atoms with Gasteiger partial charge in [-0.15, -0.1) is 45.7 Å². The first-order valence-electron chi connectivity index (χ1n) is 13.1. The number of benzene rings is 3. The van der Waals surface area contributed by atoms with Crippen LogP contribution in [0.25, 0.3) is 54.5 Å². The van der Waals surface area contributed by atoms with Crippen LogP contribution in [0.4, 0.5) is 0 Å². The Labute approximate surface area is 251 Å². The monoisotopic (exact) mass is 708 g/mol. The van der Waals surface area contributed by atoms with E-state index < -0.39 is 0 Å². The summed E-state index contributed by atoms with van der Waals surface area (Å²) < 4.78 is 1.20. The van der Waals surface area contributed by atoms with E-state index in [1.165, 1.54) is 21.2 Å². The van der Waals surface area contributed by atoms with E-state index in [1.807, 2.05) is 12.4 Å². The molecule has 0 atom stereocenters. The van der Waals surface area contributed by atoms with Crippen molar-refractivity contribution < 1.29 is 22.4 Å². The van der Waals surface area contributed by atoms with Crippen molar-refractivity contribution in [2.75, 3.05) is 0 Å². The number of aromatic nitrogens is 2. The molecule has 6 aromatic rings. The zero-order chi connectivity index (χ0) is 26.7. The van der Waals surface area contributed by atoms with Crippen LogP contribution in [-0.4, -0.2) is 4.98 Å². The molecule has 6 rings (SSSR count). The Bertz CT molecular complexity index is 1660. The van der Waals surface area contributed by atoms with E-state index in [2.05, 4.69) is 125 Å². The first kappa shape index (κ1) is 27.6. The molecule has 39 heavy (non-hydrogen) atoms. The number of hydrogen-bond acceptors (Lipinski definition) is 2. The Hall–Kier alpha value is -2.95. The standard InChI is InChI=1S/C35H31N2S.Au/c1-34(2,3)28-18-24(16-26(20-28)30-9-7-8-22-10-13-36-31(22)30)25-17-27(21-29(19-25)35(4,5)6)32-33-23(11-14-37-32)12-15-38-33;/h7-15,18-21H,1-6H3;/q-3;+3. The van der Waals surface area contributed by atoms with Gasteiger partial charge in [0.2, 0.25) is 0 Å². The molecule has 0 unspecified atom stereocenters. The molecule has 0 spiro atoms. The Morgan fingerprint density at radius 3 is 2.05 bits per heavy atom. The topological polar surface area (TPSA) is 27.0 Å². The third-order valence-electron chi connectivity index (χ3n) is 7.20. The fourth-order valence-corrected chi connectivity index (χ4v) is 5.80. The SMILES string of the molecule is CC(C)(C)c1cc(-c2[c-]c(-c3nccc4ccsc34)cc(C(C)(C)C)c2)[c-]c(-c2cccc3cc[n-]c23)c1.[Au+3]. The van der Waals surface area contributed by atoms with E-state index >= 15 is 0 Å². The Kier molecular flexibility index (Phi) is 7.24. The molecule has 0 amide bonds. The van der Waals surface area contributed by atoms with E-state index in [0.717, 1.165) is 44.4 Å². The van der Waals surface area contributed by atoms with Gasteiger partial charge in [-0.3, -0.25) is 4.98 Å². The molecule has 198 valence electrons.